The fraction of sp³-hybridized carbons (Fsp3) is 0.308. The molecule has 1 aromatic heterocycles. The van der Waals surface area contributed by atoms with Crippen molar-refractivity contribution in [3.63, 3.8) is 0 Å². The van der Waals surface area contributed by atoms with Crippen LogP contribution in [0.15, 0.2) is 30.3 Å². The summed E-state index contributed by atoms with van der Waals surface area (Å²) in [6.45, 7) is 0. The predicted octanol–water partition coefficient (Wildman–Crippen LogP) is 2.86. The second-order valence-electron chi connectivity index (χ2n) is 4.42. The summed E-state index contributed by atoms with van der Waals surface area (Å²) in [5.41, 5.74) is 0.978. The highest BCUT2D eigenvalue weighted by Gasteiger charge is 2.36. The number of fused-ring (bicyclic) bond motifs is 1. The minimum absolute atomic E-state index is 0.0788. The molecule has 4 nitrogen and oxygen atoms in total. The summed E-state index contributed by atoms with van der Waals surface area (Å²) in [5.74, 6) is 0.0919. The molecule has 0 saturated heterocycles. The molecule has 1 aromatic carbocycles. The first-order valence-corrected chi connectivity index (χ1v) is 7.07. The number of nitrogens with zero attached hydrogens (tertiary/aromatic N) is 3. The summed E-state index contributed by atoms with van der Waals surface area (Å²) in [7, 11) is 0. The number of alkyl halides is 2. The van der Waals surface area contributed by atoms with Gasteiger partial charge in [0.15, 0.2) is 12.0 Å². The van der Waals surface area contributed by atoms with Crippen LogP contribution in [0.2, 0.25) is 0 Å². The van der Waals surface area contributed by atoms with Crippen molar-refractivity contribution in [2.75, 3.05) is 5.33 Å². The van der Waals surface area contributed by atoms with Crippen molar-refractivity contribution in [1.82, 2.24) is 14.8 Å². The molecular weight excluding hydrogens is 313 g/mol. The third-order valence-electron chi connectivity index (χ3n) is 3.22. The van der Waals surface area contributed by atoms with E-state index in [0.717, 1.165) is 5.56 Å². The summed E-state index contributed by atoms with van der Waals surface area (Å²) in [6.07, 6.45) is -0.850. The smallest absolute Gasteiger partial charge is 0.218 e. The molecule has 0 N–H and O–H groups in total. The van der Waals surface area contributed by atoms with E-state index in [1.54, 1.807) is 0 Å². The Hall–Kier alpha value is -1.56. The summed E-state index contributed by atoms with van der Waals surface area (Å²) in [4.78, 5) is 15.6. The molecule has 2 unspecified atom stereocenters. The van der Waals surface area contributed by atoms with Crippen LogP contribution in [0.25, 0.3) is 0 Å². The molecule has 6 heteroatoms. The van der Waals surface area contributed by atoms with E-state index >= 15 is 0 Å². The van der Waals surface area contributed by atoms with Gasteiger partial charge in [-0.3, -0.25) is 4.79 Å². The van der Waals surface area contributed by atoms with Gasteiger partial charge in [-0.1, -0.05) is 46.3 Å². The van der Waals surface area contributed by atoms with E-state index in [0.29, 0.717) is 6.42 Å². The quantitative estimate of drug-likeness (QED) is 0.644. The van der Waals surface area contributed by atoms with Crippen molar-refractivity contribution in [3.8, 4) is 0 Å². The summed E-state index contributed by atoms with van der Waals surface area (Å²) < 4.78 is 15.5. The molecule has 2 atom stereocenters. The first kappa shape index (κ1) is 12.5. The molecule has 0 spiro atoms. The van der Waals surface area contributed by atoms with Crippen LogP contribution >= 0.6 is 15.9 Å². The molecule has 1 aliphatic heterocycles. The van der Waals surface area contributed by atoms with Gasteiger partial charge in [0.05, 0.1) is 11.4 Å². The maximum absolute atomic E-state index is 14.0. The zero-order valence-corrected chi connectivity index (χ0v) is 11.5. The monoisotopic (exact) mass is 323 g/mol. The van der Waals surface area contributed by atoms with Gasteiger partial charge in [-0.05, 0) is 5.56 Å². The Bertz CT molecular complexity index is 614. The lowest BCUT2D eigenvalue weighted by atomic mass is 10.0. The van der Waals surface area contributed by atoms with Gasteiger partial charge in [0.25, 0.3) is 0 Å². The zero-order valence-electron chi connectivity index (χ0n) is 9.96. The van der Waals surface area contributed by atoms with E-state index in [2.05, 4.69) is 26.0 Å². The van der Waals surface area contributed by atoms with E-state index in [4.69, 9.17) is 0 Å². The van der Waals surface area contributed by atoms with E-state index in [1.807, 2.05) is 30.3 Å². The zero-order chi connectivity index (χ0) is 13.4. The molecule has 0 saturated carbocycles. The van der Waals surface area contributed by atoms with Gasteiger partial charge in [0, 0.05) is 6.42 Å². The van der Waals surface area contributed by atoms with Crippen LogP contribution in [-0.4, -0.2) is 25.9 Å². The molecule has 98 valence electrons. The van der Waals surface area contributed by atoms with Gasteiger partial charge >= 0.3 is 0 Å². The first-order valence-electron chi connectivity index (χ1n) is 5.95. The highest BCUT2D eigenvalue weighted by molar-refractivity contribution is 9.09. The van der Waals surface area contributed by atoms with E-state index in [-0.39, 0.29) is 28.8 Å². The number of ketones is 1. The molecule has 19 heavy (non-hydrogen) atoms. The average Bonchev–Trinajstić information content (AvgIpc) is 3.00. The fourth-order valence-electron chi connectivity index (χ4n) is 2.31. The molecule has 3 rings (SSSR count). The second-order valence-corrected chi connectivity index (χ2v) is 4.99. The van der Waals surface area contributed by atoms with Crippen LogP contribution in [0, 0.1) is 0 Å². The SMILES string of the molecule is O=C(CBr)c1nc2n(n1)C(c1ccccc1)CC2F. The maximum atomic E-state index is 14.0. The molecule has 0 aliphatic carbocycles. The molecule has 0 fully saturated rings. The number of halogens is 2. The predicted molar refractivity (Wildman–Crippen MR) is 71.2 cm³/mol. The van der Waals surface area contributed by atoms with Crippen molar-refractivity contribution in [2.24, 2.45) is 0 Å². The third kappa shape index (κ3) is 2.10. The van der Waals surface area contributed by atoms with E-state index < -0.39 is 6.17 Å². The summed E-state index contributed by atoms with van der Waals surface area (Å²) in [6, 6.07) is 9.40. The molecule has 1 aliphatic rings. The number of carbonyl (C=O) groups is 1. The average molecular weight is 324 g/mol. The minimum atomic E-state index is -1.17. The van der Waals surface area contributed by atoms with Crippen molar-refractivity contribution < 1.29 is 9.18 Å². The van der Waals surface area contributed by atoms with Gasteiger partial charge in [0.2, 0.25) is 11.6 Å². The van der Waals surface area contributed by atoms with E-state index in [1.165, 1.54) is 4.68 Å². The number of rotatable bonds is 3. The van der Waals surface area contributed by atoms with Crippen LogP contribution in [0.5, 0.6) is 0 Å². The Kier molecular flexibility index (Phi) is 3.18. The van der Waals surface area contributed by atoms with Crippen molar-refractivity contribution >= 4 is 21.7 Å². The highest BCUT2D eigenvalue weighted by atomic mass is 79.9. The van der Waals surface area contributed by atoms with Crippen LogP contribution in [0.4, 0.5) is 4.39 Å². The number of carbonyl (C=O) groups excluding carboxylic acids is 1. The van der Waals surface area contributed by atoms with Crippen LogP contribution in [-0.2, 0) is 0 Å². The summed E-state index contributed by atoms with van der Waals surface area (Å²) in [5, 5.41) is 4.30. The molecule has 2 heterocycles. The third-order valence-corrected chi connectivity index (χ3v) is 3.73. The number of hydrogen-bond acceptors (Lipinski definition) is 3. The number of Topliss-reactive ketones (excluding diaryl/α,β-unsaturated/α-hetero) is 1. The van der Waals surface area contributed by atoms with Crippen LogP contribution in [0.1, 0.15) is 40.6 Å². The van der Waals surface area contributed by atoms with Gasteiger partial charge < -0.3 is 0 Å². The molecule has 0 bridgehead atoms. The fourth-order valence-corrected chi connectivity index (χ4v) is 2.56. The summed E-state index contributed by atoms with van der Waals surface area (Å²) >= 11 is 3.07. The highest BCUT2D eigenvalue weighted by Crippen LogP contribution is 2.39. The standard InChI is InChI=1S/C13H11BrFN3O/c14-7-11(19)12-16-13-9(15)6-10(18(13)17-12)8-4-2-1-3-5-8/h1-5,9-10H,6-7H2. The van der Waals surface area contributed by atoms with Gasteiger partial charge in [-0.25, -0.2) is 14.1 Å². The van der Waals surface area contributed by atoms with E-state index in [9.17, 15) is 9.18 Å². The molecule has 0 radical (unpaired) electrons. The first-order chi connectivity index (χ1) is 9.20. The number of benzene rings is 1. The Labute approximate surface area is 117 Å². The van der Waals surface area contributed by atoms with Crippen LogP contribution < -0.4 is 0 Å². The Morgan fingerprint density at radius 3 is 2.84 bits per heavy atom. The van der Waals surface area contributed by atoms with Crippen molar-refractivity contribution in [1.29, 1.82) is 0 Å². The Morgan fingerprint density at radius 2 is 2.16 bits per heavy atom. The maximum Gasteiger partial charge on any atom is 0.218 e. The Balaban J connectivity index is 2.02. The topological polar surface area (TPSA) is 47.8 Å². The molecular formula is C13H11BrFN3O. The minimum Gasteiger partial charge on any atom is -0.290 e. The van der Waals surface area contributed by atoms with Gasteiger partial charge in [0.1, 0.15) is 0 Å². The lowest BCUT2D eigenvalue weighted by molar-refractivity contribution is 0.101. The van der Waals surface area contributed by atoms with Gasteiger partial charge in [-0.2, -0.15) is 0 Å². The van der Waals surface area contributed by atoms with Crippen molar-refractivity contribution in [3.05, 3.63) is 47.5 Å². The lowest BCUT2D eigenvalue weighted by Crippen LogP contribution is -2.10. The lowest BCUT2D eigenvalue weighted by Gasteiger charge is -2.11. The van der Waals surface area contributed by atoms with Crippen molar-refractivity contribution in [2.45, 2.75) is 18.6 Å². The van der Waals surface area contributed by atoms with Gasteiger partial charge in [-0.15, -0.1) is 5.10 Å². The van der Waals surface area contributed by atoms with Crippen LogP contribution in [0.3, 0.4) is 0 Å². The molecule has 0 amide bonds. The molecule has 2 aromatic rings. The number of aromatic nitrogens is 3. The Morgan fingerprint density at radius 1 is 1.42 bits per heavy atom. The number of hydrogen-bond donors (Lipinski definition) is 0. The largest absolute Gasteiger partial charge is 0.290 e. The normalized spacial score (nSPS) is 21.4. The second kappa shape index (κ2) is 4.85.